The van der Waals surface area contributed by atoms with Gasteiger partial charge in [-0.25, -0.2) is 0 Å². The highest BCUT2D eigenvalue weighted by atomic mass is 127. The Morgan fingerprint density at radius 2 is 1.81 bits per heavy atom. The van der Waals surface area contributed by atoms with Gasteiger partial charge in [-0.05, 0) is 83.3 Å². The number of nitrogens with zero attached hydrogens (tertiary/aromatic N) is 3. The van der Waals surface area contributed by atoms with Crippen LogP contribution in [0.25, 0.3) is 10.9 Å². The number of benzene rings is 3. The molecule has 3 N–H and O–H groups in total. The van der Waals surface area contributed by atoms with Crippen LogP contribution in [-0.2, 0) is 0 Å². The summed E-state index contributed by atoms with van der Waals surface area (Å²) in [6.07, 6.45) is 0. The van der Waals surface area contributed by atoms with E-state index in [9.17, 15) is 14.7 Å². The lowest BCUT2D eigenvalue weighted by atomic mass is 10.1. The lowest BCUT2D eigenvalue weighted by molar-refractivity contribution is 0.0991. The fraction of sp³-hybridized carbons (Fsp3) is 0. The molecule has 1 heterocycles. The zero-order chi connectivity index (χ0) is 22.7. The third kappa shape index (κ3) is 4.50. The van der Waals surface area contributed by atoms with E-state index >= 15 is 0 Å². The smallest absolute Gasteiger partial charge is 0.295 e. The summed E-state index contributed by atoms with van der Waals surface area (Å²) in [6, 6.07) is 20.0. The minimum atomic E-state index is -0.626. The van der Waals surface area contributed by atoms with Crippen molar-refractivity contribution in [3.8, 4) is 11.9 Å². The van der Waals surface area contributed by atoms with Crippen LogP contribution in [0.1, 0.15) is 26.3 Å². The number of amides is 2. The van der Waals surface area contributed by atoms with Gasteiger partial charge in [-0.15, -0.1) is 10.2 Å². The van der Waals surface area contributed by atoms with Gasteiger partial charge in [-0.1, -0.05) is 6.07 Å². The molecule has 156 valence electrons. The highest BCUT2D eigenvalue weighted by Crippen LogP contribution is 2.36. The van der Waals surface area contributed by atoms with Crippen molar-refractivity contribution in [1.29, 1.82) is 5.26 Å². The maximum atomic E-state index is 12.5. The molecule has 0 aliphatic carbocycles. The Kier molecular flexibility index (Phi) is 5.96. The molecule has 3 aromatic carbocycles. The van der Waals surface area contributed by atoms with Crippen LogP contribution in [-0.4, -0.2) is 21.9 Å². The Morgan fingerprint density at radius 1 is 1.03 bits per heavy atom. The molecular weight excluding hydrogens is 521 g/mol. The van der Waals surface area contributed by atoms with Gasteiger partial charge in [0.1, 0.15) is 0 Å². The number of carbonyl (C=O) groups excluding carboxylic acids is 2. The molecule has 0 saturated heterocycles. The molecule has 0 saturated carbocycles. The zero-order valence-electron chi connectivity index (χ0n) is 16.3. The van der Waals surface area contributed by atoms with Crippen molar-refractivity contribution in [2.45, 2.75) is 0 Å². The number of fused-ring (bicyclic) bond motifs is 1. The number of aromatic nitrogens is 1. The van der Waals surface area contributed by atoms with Gasteiger partial charge in [0.15, 0.2) is 5.69 Å². The Labute approximate surface area is 195 Å². The highest BCUT2D eigenvalue weighted by molar-refractivity contribution is 14.1. The van der Waals surface area contributed by atoms with Crippen LogP contribution < -0.4 is 5.32 Å². The van der Waals surface area contributed by atoms with Crippen LogP contribution in [0.3, 0.4) is 0 Å². The summed E-state index contributed by atoms with van der Waals surface area (Å²) < 4.78 is 0.947. The number of carbonyl (C=O) groups is 2. The first-order valence-electron chi connectivity index (χ1n) is 9.32. The predicted molar refractivity (Wildman–Crippen MR) is 127 cm³/mol. The van der Waals surface area contributed by atoms with Crippen molar-refractivity contribution in [2.24, 2.45) is 10.2 Å². The van der Waals surface area contributed by atoms with Crippen molar-refractivity contribution in [1.82, 2.24) is 4.98 Å². The molecule has 0 radical (unpaired) electrons. The molecule has 0 aliphatic rings. The summed E-state index contributed by atoms with van der Waals surface area (Å²) in [7, 11) is 0. The van der Waals surface area contributed by atoms with E-state index in [2.05, 4.69) is 43.1 Å². The molecule has 0 aliphatic heterocycles. The van der Waals surface area contributed by atoms with Crippen LogP contribution in [0, 0.1) is 14.9 Å². The maximum Gasteiger partial charge on any atom is 0.295 e. The number of anilines is 1. The van der Waals surface area contributed by atoms with Crippen LogP contribution in [0.5, 0.6) is 5.88 Å². The summed E-state index contributed by atoms with van der Waals surface area (Å²) in [5.41, 5.74) is 2.32. The first-order chi connectivity index (χ1) is 15.4. The van der Waals surface area contributed by atoms with E-state index in [1.807, 2.05) is 18.2 Å². The SMILES string of the molecule is N#Cc1ccc(C(=O)Nc2cccc(C(=O)N=Nc3c(O)[nH]c4ccc(I)cc34)c2)cc1. The summed E-state index contributed by atoms with van der Waals surface area (Å²) in [6.45, 7) is 0. The molecule has 0 bridgehead atoms. The number of halogens is 1. The van der Waals surface area contributed by atoms with Gasteiger partial charge in [0.05, 0.1) is 17.1 Å². The van der Waals surface area contributed by atoms with E-state index in [1.54, 1.807) is 48.5 Å². The molecular formula is C23H14IN5O3. The van der Waals surface area contributed by atoms with Gasteiger partial charge in [0.2, 0.25) is 5.88 Å². The van der Waals surface area contributed by atoms with Crippen molar-refractivity contribution in [3.63, 3.8) is 0 Å². The minimum Gasteiger partial charge on any atom is -0.493 e. The number of aromatic hydroxyl groups is 1. The maximum absolute atomic E-state index is 12.5. The number of hydrogen-bond acceptors (Lipinski definition) is 5. The molecule has 9 heteroatoms. The molecule has 32 heavy (non-hydrogen) atoms. The quantitative estimate of drug-likeness (QED) is 0.234. The average molecular weight is 535 g/mol. The number of aromatic amines is 1. The second-order valence-corrected chi connectivity index (χ2v) is 7.99. The Bertz CT molecular complexity index is 1420. The van der Waals surface area contributed by atoms with E-state index < -0.39 is 5.91 Å². The van der Waals surface area contributed by atoms with E-state index in [-0.39, 0.29) is 23.0 Å². The van der Waals surface area contributed by atoms with Crippen LogP contribution >= 0.6 is 22.6 Å². The van der Waals surface area contributed by atoms with Gasteiger partial charge in [-0.2, -0.15) is 5.26 Å². The van der Waals surface area contributed by atoms with Crippen molar-refractivity contribution < 1.29 is 14.7 Å². The third-order valence-corrected chi connectivity index (χ3v) is 5.27. The van der Waals surface area contributed by atoms with Crippen LogP contribution in [0.4, 0.5) is 11.4 Å². The number of nitriles is 1. The van der Waals surface area contributed by atoms with Gasteiger partial charge < -0.3 is 15.4 Å². The Morgan fingerprint density at radius 3 is 2.56 bits per heavy atom. The van der Waals surface area contributed by atoms with Crippen molar-refractivity contribution in [3.05, 3.63) is 87.0 Å². The lowest BCUT2D eigenvalue weighted by Gasteiger charge is -2.06. The minimum absolute atomic E-state index is 0.178. The molecule has 8 nitrogen and oxygen atoms in total. The monoisotopic (exact) mass is 535 g/mol. The van der Waals surface area contributed by atoms with Gasteiger partial charge in [0, 0.05) is 25.8 Å². The Hall–Kier alpha value is -4.04. The molecule has 0 unspecified atom stereocenters. The van der Waals surface area contributed by atoms with Gasteiger partial charge in [-0.3, -0.25) is 9.59 Å². The van der Waals surface area contributed by atoms with E-state index in [0.29, 0.717) is 27.7 Å². The van der Waals surface area contributed by atoms with Gasteiger partial charge >= 0.3 is 0 Å². The standard InChI is InChI=1S/C23H14IN5O3/c24-16-8-9-19-18(11-16)20(23(32)27-19)28-29-22(31)15-2-1-3-17(10-15)26-21(30)14-6-4-13(12-25)5-7-14/h1-11,27,32H,(H,26,30). The Balaban J connectivity index is 1.52. The summed E-state index contributed by atoms with van der Waals surface area (Å²) in [5, 5.41) is 30.0. The molecule has 0 spiro atoms. The molecule has 0 atom stereocenters. The summed E-state index contributed by atoms with van der Waals surface area (Å²) >= 11 is 2.14. The second kappa shape index (κ2) is 8.99. The largest absolute Gasteiger partial charge is 0.493 e. The normalized spacial score (nSPS) is 10.9. The first kappa shape index (κ1) is 21.2. The molecule has 2 amide bonds. The third-order valence-electron chi connectivity index (χ3n) is 4.60. The number of H-pyrrole nitrogens is 1. The van der Waals surface area contributed by atoms with E-state index in [4.69, 9.17) is 5.26 Å². The van der Waals surface area contributed by atoms with Crippen molar-refractivity contribution >= 4 is 56.7 Å². The summed E-state index contributed by atoms with van der Waals surface area (Å²) in [4.78, 5) is 27.7. The predicted octanol–water partition coefficient (Wildman–Crippen LogP) is 5.53. The second-order valence-electron chi connectivity index (χ2n) is 6.74. The van der Waals surface area contributed by atoms with E-state index in [0.717, 1.165) is 3.57 Å². The number of azo groups is 1. The molecule has 4 rings (SSSR count). The topological polar surface area (TPSA) is 131 Å². The zero-order valence-corrected chi connectivity index (χ0v) is 18.5. The summed E-state index contributed by atoms with van der Waals surface area (Å²) in [5.74, 6) is -1.18. The van der Waals surface area contributed by atoms with Crippen LogP contribution in [0.2, 0.25) is 0 Å². The van der Waals surface area contributed by atoms with Gasteiger partial charge in [0.25, 0.3) is 11.8 Å². The van der Waals surface area contributed by atoms with Crippen molar-refractivity contribution in [2.75, 3.05) is 5.32 Å². The number of rotatable bonds is 4. The first-order valence-corrected chi connectivity index (χ1v) is 10.4. The van der Waals surface area contributed by atoms with Crippen LogP contribution in [0.15, 0.2) is 77.0 Å². The highest BCUT2D eigenvalue weighted by Gasteiger charge is 2.13. The van der Waals surface area contributed by atoms with E-state index in [1.165, 1.54) is 6.07 Å². The molecule has 0 fully saturated rings. The fourth-order valence-electron chi connectivity index (χ4n) is 3.02. The number of nitrogens with one attached hydrogen (secondary N) is 2. The fourth-order valence-corrected chi connectivity index (χ4v) is 3.51. The molecule has 1 aromatic heterocycles. The number of hydrogen-bond donors (Lipinski definition) is 3. The average Bonchev–Trinajstić information content (AvgIpc) is 3.11. The molecule has 4 aromatic rings. The lowest BCUT2D eigenvalue weighted by Crippen LogP contribution is -2.12.